The first-order chi connectivity index (χ1) is 10.8. The molecule has 2 aliphatic rings. The number of amides is 1. The van der Waals surface area contributed by atoms with Crippen LogP contribution in [0.15, 0.2) is 24.4 Å². The zero-order valence-electron chi connectivity index (χ0n) is 12.2. The lowest BCUT2D eigenvalue weighted by atomic mass is 10.2. The van der Waals surface area contributed by atoms with Crippen LogP contribution in [0.2, 0.25) is 0 Å². The molecule has 0 aliphatic carbocycles. The van der Waals surface area contributed by atoms with Gasteiger partial charge in [-0.05, 0) is 25.0 Å². The van der Waals surface area contributed by atoms with Gasteiger partial charge >= 0.3 is 0 Å². The lowest BCUT2D eigenvalue weighted by Crippen LogP contribution is -2.45. The van der Waals surface area contributed by atoms with Gasteiger partial charge in [0.1, 0.15) is 0 Å². The molecule has 2 atom stereocenters. The maximum absolute atomic E-state index is 12.7. The Bertz CT molecular complexity index is 680. The zero-order chi connectivity index (χ0) is 14.9. The number of carbonyl (C=O) groups excluding carboxylic acids is 1. The Balaban J connectivity index is 1.62. The molecule has 4 rings (SSSR count). The molecule has 2 fully saturated rings. The number of pyridine rings is 1. The van der Waals surface area contributed by atoms with Crippen LogP contribution < -0.4 is 0 Å². The van der Waals surface area contributed by atoms with Crippen molar-refractivity contribution < 1.29 is 14.3 Å². The van der Waals surface area contributed by atoms with Crippen molar-refractivity contribution in [2.45, 2.75) is 25.0 Å². The average molecular weight is 302 g/mol. The standard InChI is InChI=1S/C15H18N4O3/c20-15(12-10-21-8-9-22-12)18-7-3-4-11(18)14-17-16-13-5-1-2-6-19(13)14/h1-2,5-6,11-12H,3-4,7-10H2/t11-,12-/m0/s1. The minimum Gasteiger partial charge on any atom is -0.376 e. The smallest absolute Gasteiger partial charge is 0.254 e. The summed E-state index contributed by atoms with van der Waals surface area (Å²) in [7, 11) is 0. The lowest BCUT2D eigenvalue weighted by Gasteiger charge is -2.29. The molecule has 0 spiro atoms. The van der Waals surface area contributed by atoms with Crippen LogP contribution in [0.25, 0.3) is 5.65 Å². The van der Waals surface area contributed by atoms with Crippen LogP contribution in [0.1, 0.15) is 24.7 Å². The van der Waals surface area contributed by atoms with Crippen LogP contribution in [-0.4, -0.2) is 57.9 Å². The second-order valence-electron chi connectivity index (χ2n) is 5.61. The van der Waals surface area contributed by atoms with Crippen molar-refractivity contribution in [1.82, 2.24) is 19.5 Å². The molecule has 0 aromatic carbocycles. The summed E-state index contributed by atoms with van der Waals surface area (Å²) in [4.78, 5) is 14.6. The first kappa shape index (κ1) is 13.7. The van der Waals surface area contributed by atoms with Gasteiger partial charge in [-0.1, -0.05) is 6.07 Å². The van der Waals surface area contributed by atoms with Gasteiger partial charge in [0.15, 0.2) is 17.6 Å². The number of likely N-dealkylation sites (tertiary alicyclic amines) is 1. The van der Waals surface area contributed by atoms with Crippen molar-refractivity contribution in [2.24, 2.45) is 0 Å². The molecule has 0 unspecified atom stereocenters. The molecule has 2 aliphatic heterocycles. The Morgan fingerprint density at radius 3 is 3.09 bits per heavy atom. The molecule has 7 heteroatoms. The third-order valence-electron chi connectivity index (χ3n) is 4.27. The lowest BCUT2D eigenvalue weighted by molar-refractivity contribution is -0.159. The van der Waals surface area contributed by atoms with E-state index in [0.717, 1.165) is 30.9 Å². The summed E-state index contributed by atoms with van der Waals surface area (Å²) < 4.78 is 12.9. The van der Waals surface area contributed by atoms with Gasteiger partial charge in [-0.25, -0.2) is 0 Å². The summed E-state index contributed by atoms with van der Waals surface area (Å²) in [6, 6.07) is 5.74. The van der Waals surface area contributed by atoms with E-state index in [0.29, 0.717) is 19.8 Å². The molecule has 1 amide bonds. The number of aromatic nitrogens is 3. The minimum absolute atomic E-state index is 0.00474. The first-order valence-corrected chi connectivity index (χ1v) is 7.64. The largest absolute Gasteiger partial charge is 0.376 e. The molecular weight excluding hydrogens is 284 g/mol. The molecule has 7 nitrogen and oxygen atoms in total. The number of nitrogens with zero attached hydrogens (tertiary/aromatic N) is 4. The molecule has 0 saturated carbocycles. The van der Waals surface area contributed by atoms with E-state index < -0.39 is 6.10 Å². The average Bonchev–Trinajstić information content (AvgIpc) is 3.21. The van der Waals surface area contributed by atoms with Gasteiger partial charge in [-0.2, -0.15) is 0 Å². The first-order valence-electron chi connectivity index (χ1n) is 7.64. The number of hydrogen-bond donors (Lipinski definition) is 0. The fourth-order valence-electron chi connectivity index (χ4n) is 3.20. The molecule has 0 bridgehead atoms. The molecule has 0 N–H and O–H groups in total. The Morgan fingerprint density at radius 2 is 2.23 bits per heavy atom. The van der Waals surface area contributed by atoms with Crippen LogP contribution in [0, 0.1) is 0 Å². The number of carbonyl (C=O) groups is 1. The van der Waals surface area contributed by atoms with E-state index in [-0.39, 0.29) is 11.9 Å². The fraction of sp³-hybridized carbons (Fsp3) is 0.533. The number of hydrogen-bond acceptors (Lipinski definition) is 5. The van der Waals surface area contributed by atoms with Crippen molar-refractivity contribution in [3.05, 3.63) is 30.2 Å². The highest BCUT2D eigenvalue weighted by Crippen LogP contribution is 2.32. The van der Waals surface area contributed by atoms with Crippen molar-refractivity contribution in [3.8, 4) is 0 Å². The quantitative estimate of drug-likeness (QED) is 0.821. The van der Waals surface area contributed by atoms with Crippen LogP contribution in [0.5, 0.6) is 0 Å². The maximum atomic E-state index is 12.7. The summed E-state index contributed by atoms with van der Waals surface area (Å²) in [5.74, 6) is 0.813. The number of ether oxygens (including phenoxy) is 2. The molecule has 2 aromatic heterocycles. The van der Waals surface area contributed by atoms with E-state index in [9.17, 15) is 4.79 Å². The van der Waals surface area contributed by atoms with Crippen LogP contribution in [-0.2, 0) is 14.3 Å². The Labute approximate surface area is 127 Å². The molecular formula is C15H18N4O3. The van der Waals surface area contributed by atoms with E-state index in [1.54, 1.807) is 0 Å². The summed E-state index contributed by atoms with van der Waals surface area (Å²) in [5, 5.41) is 8.49. The van der Waals surface area contributed by atoms with E-state index in [4.69, 9.17) is 9.47 Å². The van der Waals surface area contributed by atoms with Crippen LogP contribution in [0.4, 0.5) is 0 Å². The Morgan fingerprint density at radius 1 is 1.27 bits per heavy atom. The molecule has 22 heavy (non-hydrogen) atoms. The van der Waals surface area contributed by atoms with E-state index in [2.05, 4.69) is 10.2 Å². The van der Waals surface area contributed by atoms with Crippen molar-refractivity contribution in [1.29, 1.82) is 0 Å². The predicted molar refractivity (Wildman–Crippen MR) is 77.2 cm³/mol. The zero-order valence-corrected chi connectivity index (χ0v) is 12.2. The molecule has 4 heterocycles. The van der Waals surface area contributed by atoms with Gasteiger partial charge in [0.2, 0.25) is 0 Å². The summed E-state index contributed by atoms with van der Waals surface area (Å²) in [6.45, 7) is 2.10. The van der Waals surface area contributed by atoms with E-state index in [1.807, 2.05) is 33.7 Å². The van der Waals surface area contributed by atoms with E-state index in [1.165, 1.54) is 0 Å². The molecule has 116 valence electrons. The Hall–Kier alpha value is -1.99. The number of fused-ring (bicyclic) bond motifs is 1. The van der Waals surface area contributed by atoms with Crippen molar-refractivity contribution in [2.75, 3.05) is 26.4 Å². The van der Waals surface area contributed by atoms with Crippen molar-refractivity contribution >= 4 is 11.6 Å². The minimum atomic E-state index is -0.492. The summed E-state index contributed by atoms with van der Waals surface area (Å²) >= 11 is 0. The summed E-state index contributed by atoms with van der Waals surface area (Å²) in [5.41, 5.74) is 0.800. The normalized spacial score (nSPS) is 25.7. The fourth-order valence-corrected chi connectivity index (χ4v) is 3.20. The molecule has 0 radical (unpaired) electrons. The monoisotopic (exact) mass is 302 g/mol. The second kappa shape index (κ2) is 5.66. The maximum Gasteiger partial charge on any atom is 0.254 e. The second-order valence-corrected chi connectivity index (χ2v) is 5.61. The highest BCUT2D eigenvalue weighted by molar-refractivity contribution is 5.81. The SMILES string of the molecule is O=C([C@@H]1COCCO1)N1CCC[C@H]1c1nnc2ccccn12. The van der Waals surface area contributed by atoms with Crippen LogP contribution >= 0.6 is 0 Å². The van der Waals surface area contributed by atoms with Crippen LogP contribution in [0.3, 0.4) is 0 Å². The topological polar surface area (TPSA) is 69.0 Å². The van der Waals surface area contributed by atoms with E-state index >= 15 is 0 Å². The molecule has 2 saturated heterocycles. The van der Waals surface area contributed by atoms with Gasteiger partial charge < -0.3 is 14.4 Å². The highest BCUT2D eigenvalue weighted by Gasteiger charge is 2.37. The van der Waals surface area contributed by atoms with Gasteiger partial charge in [0.25, 0.3) is 5.91 Å². The highest BCUT2D eigenvalue weighted by atomic mass is 16.6. The number of rotatable bonds is 2. The van der Waals surface area contributed by atoms with Gasteiger partial charge in [-0.15, -0.1) is 10.2 Å². The summed E-state index contributed by atoms with van der Waals surface area (Å²) in [6.07, 6.45) is 3.31. The van der Waals surface area contributed by atoms with Crippen molar-refractivity contribution in [3.63, 3.8) is 0 Å². The molecule has 2 aromatic rings. The van der Waals surface area contributed by atoms with Gasteiger partial charge in [0.05, 0.1) is 25.9 Å². The Kier molecular flexibility index (Phi) is 3.51. The van der Waals surface area contributed by atoms with Gasteiger partial charge in [0, 0.05) is 12.7 Å². The third kappa shape index (κ3) is 2.26. The third-order valence-corrected chi connectivity index (χ3v) is 4.27. The van der Waals surface area contributed by atoms with Gasteiger partial charge in [-0.3, -0.25) is 9.20 Å². The predicted octanol–water partition coefficient (Wildman–Crippen LogP) is 0.808.